The summed E-state index contributed by atoms with van der Waals surface area (Å²) in [4.78, 5) is 26.5. The SMILES string of the molecule is CCOc1cc2[nH]ncc2cc1Nc1ncnc2sc3c(c12)CCC(C(=O)N1CCCC(C#N)C1)C3. The van der Waals surface area contributed by atoms with Crippen molar-refractivity contribution >= 4 is 49.9 Å². The third-order valence-corrected chi connectivity index (χ3v) is 8.37. The number of nitrogens with zero attached hydrogens (tertiary/aromatic N) is 5. The number of H-pyrrole nitrogens is 1. The van der Waals surface area contributed by atoms with Crippen LogP contribution in [0.4, 0.5) is 11.5 Å². The van der Waals surface area contributed by atoms with Crippen molar-refractivity contribution in [1.82, 2.24) is 25.1 Å². The van der Waals surface area contributed by atoms with Gasteiger partial charge in [-0.1, -0.05) is 0 Å². The van der Waals surface area contributed by atoms with Crippen LogP contribution in [0.5, 0.6) is 5.75 Å². The number of hydrogen-bond donors (Lipinski definition) is 2. The van der Waals surface area contributed by atoms with Gasteiger partial charge in [-0.05, 0) is 50.7 Å². The number of piperidine rings is 1. The quantitative estimate of drug-likeness (QED) is 0.411. The number of aromatic nitrogens is 4. The van der Waals surface area contributed by atoms with Crippen LogP contribution >= 0.6 is 11.3 Å². The number of nitrogens with one attached hydrogen (secondary N) is 2. The van der Waals surface area contributed by atoms with Gasteiger partial charge in [-0.25, -0.2) is 9.97 Å². The summed E-state index contributed by atoms with van der Waals surface area (Å²) >= 11 is 1.66. The zero-order chi connectivity index (χ0) is 24.6. The maximum Gasteiger partial charge on any atom is 0.226 e. The summed E-state index contributed by atoms with van der Waals surface area (Å²) < 4.78 is 5.89. The van der Waals surface area contributed by atoms with E-state index >= 15 is 0 Å². The number of nitriles is 1. The number of thiophene rings is 1. The van der Waals surface area contributed by atoms with Gasteiger partial charge in [0.15, 0.2) is 0 Å². The van der Waals surface area contributed by atoms with Crippen LogP contribution in [0.1, 0.15) is 36.6 Å². The fourth-order valence-corrected chi connectivity index (χ4v) is 6.70. The van der Waals surface area contributed by atoms with Crippen molar-refractivity contribution in [1.29, 1.82) is 5.26 Å². The molecule has 1 aliphatic carbocycles. The second-order valence-corrected chi connectivity index (χ2v) is 10.5. The van der Waals surface area contributed by atoms with Gasteiger partial charge in [-0.3, -0.25) is 9.89 Å². The molecule has 36 heavy (non-hydrogen) atoms. The lowest BCUT2D eigenvalue weighted by atomic mass is 9.86. The standard InChI is InChI=1S/C26H27N7O2S/c1-2-35-21-10-19-17(12-30-32-19)8-20(21)31-24-23-18-6-5-16(9-22(18)36-25(23)29-14-28-24)26(34)33-7-3-4-15(11-27)13-33/h8,10,12,14-16H,2-7,9,13H2,1H3,(H,30,32)(H,28,29,31). The highest BCUT2D eigenvalue weighted by Gasteiger charge is 2.33. The number of rotatable bonds is 5. The van der Waals surface area contributed by atoms with E-state index in [0.717, 1.165) is 70.6 Å². The van der Waals surface area contributed by atoms with Crippen LogP contribution < -0.4 is 10.1 Å². The van der Waals surface area contributed by atoms with Crippen molar-refractivity contribution in [2.75, 3.05) is 25.0 Å². The summed E-state index contributed by atoms with van der Waals surface area (Å²) in [5, 5.41) is 21.9. The third-order valence-electron chi connectivity index (χ3n) is 7.20. The van der Waals surface area contributed by atoms with Crippen molar-refractivity contribution in [2.24, 2.45) is 11.8 Å². The van der Waals surface area contributed by atoms with Crippen molar-refractivity contribution in [3.63, 3.8) is 0 Å². The molecule has 1 amide bonds. The third kappa shape index (κ3) is 4.03. The molecule has 1 fully saturated rings. The Labute approximate surface area is 212 Å². The smallest absolute Gasteiger partial charge is 0.226 e. The summed E-state index contributed by atoms with van der Waals surface area (Å²) in [5.74, 6) is 1.59. The molecule has 6 rings (SSSR count). The summed E-state index contributed by atoms with van der Waals surface area (Å²) in [7, 11) is 0. The molecular weight excluding hydrogens is 474 g/mol. The monoisotopic (exact) mass is 501 g/mol. The molecule has 184 valence electrons. The zero-order valence-corrected chi connectivity index (χ0v) is 20.9. The average Bonchev–Trinajstić information content (AvgIpc) is 3.52. The first-order valence-corrected chi connectivity index (χ1v) is 13.3. The lowest BCUT2D eigenvalue weighted by Crippen LogP contribution is -2.43. The number of benzene rings is 1. The second-order valence-electron chi connectivity index (χ2n) is 9.46. The first-order valence-electron chi connectivity index (χ1n) is 12.4. The van der Waals surface area contributed by atoms with Gasteiger partial charge in [0.05, 0.1) is 41.4 Å². The van der Waals surface area contributed by atoms with E-state index in [0.29, 0.717) is 19.6 Å². The fourth-order valence-electron chi connectivity index (χ4n) is 5.43. The normalized spacial score (nSPS) is 19.7. The van der Waals surface area contributed by atoms with Gasteiger partial charge < -0.3 is 15.0 Å². The van der Waals surface area contributed by atoms with E-state index in [4.69, 9.17) is 4.74 Å². The summed E-state index contributed by atoms with van der Waals surface area (Å²) in [6.07, 6.45) is 7.49. The number of ether oxygens (including phenoxy) is 1. The topological polar surface area (TPSA) is 120 Å². The molecule has 0 radical (unpaired) electrons. The van der Waals surface area contributed by atoms with E-state index in [9.17, 15) is 10.1 Å². The summed E-state index contributed by atoms with van der Waals surface area (Å²) in [6, 6.07) is 6.30. The number of hydrogen-bond acceptors (Lipinski definition) is 8. The Morgan fingerprint density at radius 1 is 1.36 bits per heavy atom. The number of carbonyl (C=O) groups excluding carboxylic acids is 1. The first-order chi connectivity index (χ1) is 17.6. The molecule has 3 aromatic heterocycles. The first kappa shape index (κ1) is 22.7. The van der Waals surface area contributed by atoms with Gasteiger partial charge in [-0.15, -0.1) is 11.3 Å². The van der Waals surface area contributed by atoms with Gasteiger partial charge in [-0.2, -0.15) is 10.4 Å². The molecule has 1 aliphatic heterocycles. The minimum atomic E-state index is -0.0436. The van der Waals surface area contributed by atoms with E-state index in [2.05, 4.69) is 31.6 Å². The van der Waals surface area contributed by atoms with Crippen LogP contribution in [0, 0.1) is 23.2 Å². The average molecular weight is 502 g/mol. The minimum Gasteiger partial charge on any atom is -0.492 e. The number of likely N-dealkylation sites (tertiary alicyclic amines) is 1. The molecule has 2 aliphatic rings. The molecule has 9 nitrogen and oxygen atoms in total. The van der Waals surface area contributed by atoms with E-state index in [1.54, 1.807) is 23.9 Å². The molecule has 1 saturated heterocycles. The largest absolute Gasteiger partial charge is 0.492 e. The molecule has 2 N–H and O–H groups in total. The molecule has 0 saturated carbocycles. The van der Waals surface area contributed by atoms with Gasteiger partial charge in [0.1, 0.15) is 22.7 Å². The Hall–Kier alpha value is -3.71. The Morgan fingerprint density at radius 3 is 3.14 bits per heavy atom. The van der Waals surface area contributed by atoms with Crippen molar-refractivity contribution in [3.8, 4) is 11.8 Å². The molecule has 1 aromatic carbocycles. The molecule has 2 unspecified atom stereocenters. The molecule has 0 bridgehead atoms. The molecule has 4 heterocycles. The summed E-state index contributed by atoms with van der Waals surface area (Å²) in [5.41, 5.74) is 2.97. The highest BCUT2D eigenvalue weighted by molar-refractivity contribution is 7.19. The Bertz CT molecular complexity index is 1490. The molecule has 10 heteroatoms. The number of anilines is 2. The highest BCUT2D eigenvalue weighted by atomic mass is 32.1. The van der Waals surface area contributed by atoms with E-state index in [1.807, 2.05) is 24.0 Å². The minimum absolute atomic E-state index is 0.0413. The van der Waals surface area contributed by atoms with Crippen LogP contribution in [-0.2, 0) is 17.6 Å². The Balaban J connectivity index is 1.29. The zero-order valence-electron chi connectivity index (χ0n) is 20.1. The second kappa shape index (κ2) is 9.39. The van der Waals surface area contributed by atoms with Crippen LogP contribution in [0.2, 0.25) is 0 Å². The number of carbonyl (C=O) groups is 1. The molecule has 0 spiro atoms. The number of aromatic amines is 1. The predicted molar refractivity (Wildman–Crippen MR) is 138 cm³/mol. The van der Waals surface area contributed by atoms with Crippen molar-refractivity contribution in [2.45, 2.75) is 39.0 Å². The number of aryl methyl sites for hydroxylation is 1. The fraction of sp³-hybridized carbons (Fsp3) is 0.423. The lowest BCUT2D eigenvalue weighted by Gasteiger charge is -2.33. The van der Waals surface area contributed by atoms with Crippen LogP contribution in [-0.4, -0.2) is 50.7 Å². The molecule has 2 atom stereocenters. The molecule has 4 aromatic rings. The number of amides is 1. The van der Waals surface area contributed by atoms with Crippen LogP contribution in [0.3, 0.4) is 0 Å². The molecular formula is C26H27N7O2S. The summed E-state index contributed by atoms with van der Waals surface area (Å²) in [6.45, 7) is 3.83. The maximum atomic E-state index is 13.3. The van der Waals surface area contributed by atoms with Gasteiger partial charge in [0.2, 0.25) is 5.91 Å². The van der Waals surface area contributed by atoms with Crippen molar-refractivity contribution < 1.29 is 9.53 Å². The highest BCUT2D eigenvalue weighted by Crippen LogP contribution is 2.42. The van der Waals surface area contributed by atoms with Gasteiger partial charge >= 0.3 is 0 Å². The van der Waals surface area contributed by atoms with E-state index in [-0.39, 0.29) is 17.7 Å². The Morgan fingerprint density at radius 2 is 2.28 bits per heavy atom. The van der Waals surface area contributed by atoms with Crippen molar-refractivity contribution in [3.05, 3.63) is 35.1 Å². The van der Waals surface area contributed by atoms with Crippen LogP contribution in [0.15, 0.2) is 24.7 Å². The van der Waals surface area contributed by atoms with Gasteiger partial charge in [0, 0.05) is 35.3 Å². The number of fused-ring (bicyclic) bond motifs is 4. The van der Waals surface area contributed by atoms with Crippen LogP contribution in [0.25, 0.3) is 21.1 Å². The predicted octanol–water partition coefficient (Wildman–Crippen LogP) is 4.58. The van der Waals surface area contributed by atoms with E-state index in [1.165, 1.54) is 10.4 Å². The van der Waals surface area contributed by atoms with E-state index < -0.39 is 0 Å². The van der Waals surface area contributed by atoms with Gasteiger partial charge in [0.25, 0.3) is 0 Å². The maximum absolute atomic E-state index is 13.3. The Kier molecular flexibility index (Phi) is 5.93. The lowest BCUT2D eigenvalue weighted by molar-refractivity contribution is -0.137.